The minimum atomic E-state index is -0.375. The number of ketones is 1. The van der Waals surface area contributed by atoms with Gasteiger partial charge >= 0.3 is 0 Å². The number of nitrogens with one attached hydrogen (secondary N) is 1. The van der Waals surface area contributed by atoms with Gasteiger partial charge in [-0.15, -0.1) is 0 Å². The Morgan fingerprint density at radius 2 is 1.72 bits per heavy atom. The summed E-state index contributed by atoms with van der Waals surface area (Å²) in [7, 11) is 0. The van der Waals surface area contributed by atoms with E-state index in [1.807, 2.05) is 20.8 Å². The Bertz CT molecular complexity index is 890. The molecule has 1 saturated heterocycles. The van der Waals surface area contributed by atoms with Crippen molar-refractivity contribution >= 4 is 33.3 Å². The highest BCUT2D eigenvalue weighted by Gasteiger charge is 2.52. The lowest BCUT2D eigenvalue weighted by atomic mass is 9.66. The van der Waals surface area contributed by atoms with Gasteiger partial charge in [-0.3, -0.25) is 14.5 Å². The van der Waals surface area contributed by atoms with Gasteiger partial charge in [-0.2, -0.15) is 5.10 Å². The molecule has 2 fully saturated rings. The van der Waals surface area contributed by atoms with Crippen LogP contribution in [0.3, 0.4) is 0 Å². The average molecular weight is 608 g/mol. The fraction of sp³-hybridized carbons (Fsp3) is 0.719. The second-order valence-electron chi connectivity index (χ2n) is 10.6. The fourth-order valence-corrected chi connectivity index (χ4v) is 5.91. The van der Waals surface area contributed by atoms with Crippen molar-refractivity contribution in [3.8, 4) is 0 Å². The van der Waals surface area contributed by atoms with Gasteiger partial charge in [0.25, 0.3) is 5.91 Å². The number of hydrogen-bond donors (Lipinski definition) is 1. The summed E-state index contributed by atoms with van der Waals surface area (Å²) in [6.45, 7) is 20.9. The molecule has 7 heteroatoms. The minimum absolute atomic E-state index is 0.0995. The molecule has 222 valence electrons. The molecule has 3 heterocycles. The zero-order chi connectivity index (χ0) is 29.4. The van der Waals surface area contributed by atoms with Crippen molar-refractivity contribution < 1.29 is 9.59 Å². The predicted molar refractivity (Wildman–Crippen MR) is 170 cm³/mol. The van der Waals surface area contributed by atoms with Crippen LogP contribution in [0, 0.1) is 11.3 Å². The van der Waals surface area contributed by atoms with E-state index in [0.29, 0.717) is 12.3 Å². The molecule has 4 aliphatic rings. The summed E-state index contributed by atoms with van der Waals surface area (Å²) >= 11 is 3.52. The van der Waals surface area contributed by atoms with Crippen LogP contribution in [-0.2, 0) is 9.59 Å². The van der Waals surface area contributed by atoms with Crippen LogP contribution in [0.25, 0.3) is 0 Å². The molecule has 1 saturated carbocycles. The molecule has 0 aromatic carbocycles. The van der Waals surface area contributed by atoms with Crippen molar-refractivity contribution in [2.45, 2.75) is 107 Å². The first-order valence-corrected chi connectivity index (χ1v) is 16.0. The molecule has 0 atom stereocenters. The maximum Gasteiger partial charge on any atom is 0.252 e. The van der Waals surface area contributed by atoms with Crippen molar-refractivity contribution in [2.75, 3.05) is 32.7 Å². The highest BCUT2D eigenvalue weighted by atomic mass is 79.9. The molecule has 1 amide bonds. The SMILES string of the molecule is C/C=C\CC.CC.CCC=C(C)C.CCN1CCC(=O)C(Br)=C1CN1CCC2(CC1)C(=O)NN=C2C1CCC1. The molecule has 0 aromatic heterocycles. The largest absolute Gasteiger partial charge is 0.373 e. The van der Waals surface area contributed by atoms with E-state index in [1.165, 1.54) is 31.3 Å². The van der Waals surface area contributed by atoms with Gasteiger partial charge in [0.2, 0.25) is 0 Å². The third kappa shape index (κ3) is 10.00. The van der Waals surface area contributed by atoms with Crippen molar-refractivity contribution in [1.29, 1.82) is 0 Å². The van der Waals surface area contributed by atoms with Gasteiger partial charge in [0.15, 0.2) is 5.78 Å². The number of nitrogens with zero attached hydrogens (tertiary/aromatic N) is 3. The average Bonchev–Trinajstić information content (AvgIpc) is 3.20. The number of hydrazone groups is 1. The number of amides is 1. The molecule has 3 aliphatic heterocycles. The molecule has 1 N–H and O–H groups in total. The van der Waals surface area contributed by atoms with Crippen molar-refractivity contribution in [3.05, 3.63) is 34.0 Å². The number of piperidine rings is 1. The number of rotatable bonds is 6. The third-order valence-electron chi connectivity index (χ3n) is 7.73. The number of allylic oxidation sites excluding steroid dienone is 5. The van der Waals surface area contributed by atoms with Crippen molar-refractivity contribution in [3.63, 3.8) is 0 Å². The Hall–Kier alpha value is -1.73. The Kier molecular flexibility index (Phi) is 16.8. The van der Waals surface area contributed by atoms with Crippen LogP contribution in [0.4, 0.5) is 0 Å². The summed E-state index contributed by atoms with van der Waals surface area (Å²) in [5.74, 6) is 0.805. The summed E-state index contributed by atoms with van der Waals surface area (Å²) < 4.78 is 0.737. The number of carbonyl (C=O) groups is 2. The Morgan fingerprint density at radius 1 is 1.08 bits per heavy atom. The molecule has 0 bridgehead atoms. The Labute approximate surface area is 247 Å². The van der Waals surface area contributed by atoms with Crippen LogP contribution in [0.5, 0.6) is 0 Å². The van der Waals surface area contributed by atoms with Gasteiger partial charge < -0.3 is 4.90 Å². The van der Waals surface area contributed by atoms with Crippen LogP contribution >= 0.6 is 15.9 Å². The van der Waals surface area contributed by atoms with E-state index in [4.69, 9.17) is 0 Å². The summed E-state index contributed by atoms with van der Waals surface area (Å²) in [5.41, 5.74) is 6.03. The van der Waals surface area contributed by atoms with Crippen LogP contribution in [0.2, 0.25) is 0 Å². The van der Waals surface area contributed by atoms with E-state index < -0.39 is 0 Å². The fourth-order valence-electron chi connectivity index (χ4n) is 5.34. The van der Waals surface area contributed by atoms with Crippen LogP contribution in [0.1, 0.15) is 107 Å². The third-order valence-corrected chi connectivity index (χ3v) is 8.63. The lowest BCUT2D eigenvalue weighted by molar-refractivity contribution is -0.128. The molecule has 1 spiro atoms. The summed E-state index contributed by atoms with van der Waals surface area (Å²) in [6.07, 6.45) is 14.6. The van der Waals surface area contributed by atoms with Gasteiger partial charge in [-0.05, 0) is 95.2 Å². The van der Waals surface area contributed by atoms with Gasteiger partial charge in [0, 0.05) is 37.7 Å². The zero-order valence-corrected chi connectivity index (χ0v) is 27.6. The quantitative estimate of drug-likeness (QED) is 0.316. The second-order valence-corrected chi connectivity index (χ2v) is 11.4. The summed E-state index contributed by atoms with van der Waals surface area (Å²) in [4.78, 5) is 29.3. The molecule has 0 aromatic rings. The first-order valence-electron chi connectivity index (χ1n) is 15.3. The predicted octanol–water partition coefficient (Wildman–Crippen LogP) is 7.62. The number of carbonyl (C=O) groups excluding carboxylic acids is 2. The van der Waals surface area contributed by atoms with Crippen molar-refractivity contribution in [1.82, 2.24) is 15.2 Å². The Balaban J connectivity index is 0.000000493. The molecular weight excluding hydrogens is 552 g/mol. The van der Waals surface area contributed by atoms with Crippen LogP contribution in [-0.4, -0.2) is 59.9 Å². The van der Waals surface area contributed by atoms with E-state index in [2.05, 4.69) is 89.1 Å². The monoisotopic (exact) mass is 606 g/mol. The van der Waals surface area contributed by atoms with E-state index in [9.17, 15) is 9.59 Å². The smallest absolute Gasteiger partial charge is 0.252 e. The van der Waals surface area contributed by atoms with Gasteiger partial charge in [-0.1, -0.05) is 57.9 Å². The topological polar surface area (TPSA) is 65.0 Å². The molecule has 1 aliphatic carbocycles. The zero-order valence-electron chi connectivity index (χ0n) is 26.0. The number of likely N-dealkylation sites (tertiary alicyclic amines) is 1. The first-order chi connectivity index (χ1) is 18.7. The molecule has 0 radical (unpaired) electrons. The number of likely N-dealkylation sites (N-methyl/N-ethyl adjacent to an activating group) is 1. The Morgan fingerprint density at radius 3 is 2.13 bits per heavy atom. The molecule has 39 heavy (non-hydrogen) atoms. The number of Topliss-reactive ketones (excluding diaryl/α,β-unsaturated/α-hetero) is 1. The van der Waals surface area contributed by atoms with E-state index in [-0.39, 0.29) is 17.1 Å². The lowest BCUT2D eigenvalue weighted by Crippen LogP contribution is -2.51. The van der Waals surface area contributed by atoms with E-state index >= 15 is 0 Å². The number of halogens is 1. The van der Waals surface area contributed by atoms with E-state index in [1.54, 1.807) is 0 Å². The first kappa shape index (κ1) is 35.3. The van der Waals surface area contributed by atoms with E-state index in [0.717, 1.165) is 67.9 Å². The normalized spacial score (nSPS) is 20.6. The van der Waals surface area contributed by atoms with Crippen LogP contribution < -0.4 is 5.43 Å². The minimum Gasteiger partial charge on any atom is -0.373 e. The second kappa shape index (κ2) is 18.6. The van der Waals surface area contributed by atoms with Gasteiger partial charge in [-0.25, -0.2) is 5.43 Å². The standard InChI is InChI=1S/C19H27BrN4O2.C6H12.C5H10.C2H6/c1-2-24-9-6-15(25)16(20)14(24)12-23-10-7-19(8-11-23)17(13-4-3-5-13)21-22-18(19)26;1-4-5-6(2)3;1-3-5-4-2;1-2/h13H,2-12H2,1H3,(H,22,26);5H,4H2,1-3H3;3,5H,4H2,1-2H3;1-2H3/b;;5-3-;. The lowest BCUT2D eigenvalue weighted by Gasteiger charge is -2.42. The van der Waals surface area contributed by atoms with Gasteiger partial charge in [0.1, 0.15) is 0 Å². The molecule has 6 nitrogen and oxygen atoms in total. The van der Waals surface area contributed by atoms with Crippen molar-refractivity contribution in [2.24, 2.45) is 16.4 Å². The highest BCUT2D eigenvalue weighted by molar-refractivity contribution is 9.12. The molecule has 4 rings (SSSR count). The highest BCUT2D eigenvalue weighted by Crippen LogP contribution is 2.44. The molecule has 0 unspecified atom stereocenters. The summed E-state index contributed by atoms with van der Waals surface area (Å²) in [5, 5.41) is 4.43. The summed E-state index contributed by atoms with van der Waals surface area (Å²) in [6, 6.07) is 0. The maximum atomic E-state index is 12.6. The number of hydrogen-bond acceptors (Lipinski definition) is 5. The van der Waals surface area contributed by atoms with Gasteiger partial charge in [0.05, 0.1) is 15.6 Å². The maximum absolute atomic E-state index is 12.6. The van der Waals surface area contributed by atoms with Crippen LogP contribution in [0.15, 0.2) is 39.1 Å². The molecular formula is C32H55BrN4O2.